The van der Waals surface area contributed by atoms with Gasteiger partial charge in [0.15, 0.2) is 0 Å². The zero-order valence-electron chi connectivity index (χ0n) is 18.2. The fourth-order valence-electron chi connectivity index (χ4n) is 6.18. The van der Waals surface area contributed by atoms with Crippen molar-refractivity contribution in [2.45, 2.75) is 92.4 Å². The average Bonchev–Trinajstić information content (AvgIpc) is 3.21. The molecule has 4 rings (SSSR count). The fraction of sp³-hybridized carbons (Fsp3) is 0.900. The van der Waals surface area contributed by atoms with Crippen molar-refractivity contribution in [2.75, 3.05) is 0 Å². The van der Waals surface area contributed by atoms with Gasteiger partial charge in [0.1, 0.15) is 27.5 Å². The summed E-state index contributed by atoms with van der Waals surface area (Å²) in [6.45, 7) is 8.90. The van der Waals surface area contributed by atoms with Gasteiger partial charge in [-0.1, -0.05) is 22.6 Å². The number of ether oxygens (including phenoxy) is 2. The number of hydrogen-bond acceptors (Lipinski definition) is 8. The number of hydrogen-bond donors (Lipinski definition) is 0. The Bertz CT molecular complexity index is 870. The molecule has 0 spiro atoms. The molecule has 7 atom stereocenters. The molecule has 0 amide bonds. The minimum Gasteiger partial charge on any atom is -0.462 e. The van der Waals surface area contributed by atoms with E-state index in [0.717, 1.165) is 5.06 Å². The summed E-state index contributed by atoms with van der Waals surface area (Å²) < 4.78 is 41.7. The zero-order valence-corrected chi connectivity index (χ0v) is 21.2. The third-order valence-corrected chi connectivity index (χ3v) is 9.52. The first-order valence-corrected chi connectivity index (χ1v) is 13.3. The summed E-state index contributed by atoms with van der Waals surface area (Å²) in [4.78, 5) is 25.5. The number of halogens is 1. The SMILES string of the molecule is CC(I)C(=O)OC1C2CC3C1OS(=O)(=O)C3C2C(=O)OC1CC(C)(C)N([O])C(C)(C)C1. The van der Waals surface area contributed by atoms with Gasteiger partial charge in [-0.25, -0.2) is 0 Å². The van der Waals surface area contributed by atoms with Gasteiger partial charge < -0.3 is 9.47 Å². The van der Waals surface area contributed by atoms with E-state index in [9.17, 15) is 23.2 Å². The second-order valence-electron chi connectivity index (χ2n) is 10.5. The van der Waals surface area contributed by atoms with E-state index in [4.69, 9.17) is 13.7 Å². The van der Waals surface area contributed by atoms with Crippen molar-refractivity contribution in [3.63, 3.8) is 0 Å². The number of carbonyl (C=O) groups is 2. The van der Waals surface area contributed by atoms with E-state index in [2.05, 4.69) is 0 Å². The first-order valence-electron chi connectivity index (χ1n) is 10.6. The summed E-state index contributed by atoms with van der Waals surface area (Å²) in [6.07, 6.45) is -0.862. The maximum Gasteiger partial charge on any atom is 0.318 e. The van der Waals surface area contributed by atoms with E-state index in [1.165, 1.54) is 0 Å². The molecule has 0 aromatic rings. The van der Waals surface area contributed by atoms with E-state index >= 15 is 0 Å². The maximum absolute atomic E-state index is 13.3. The van der Waals surface area contributed by atoms with Crippen LogP contribution in [0.5, 0.6) is 0 Å². The average molecular weight is 570 g/mol. The Kier molecular flexibility index (Phi) is 5.73. The third-order valence-electron chi connectivity index (χ3n) is 7.21. The molecule has 4 aliphatic rings. The third kappa shape index (κ3) is 3.81. The van der Waals surface area contributed by atoms with Crippen molar-refractivity contribution in [1.29, 1.82) is 0 Å². The molecule has 2 saturated heterocycles. The minimum atomic E-state index is -3.96. The van der Waals surface area contributed by atoms with Crippen LogP contribution < -0.4 is 0 Å². The summed E-state index contributed by atoms with van der Waals surface area (Å²) in [5.41, 5.74) is -1.44. The largest absolute Gasteiger partial charge is 0.462 e. The van der Waals surface area contributed by atoms with Crippen LogP contribution in [0.15, 0.2) is 0 Å². The monoisotopic (exact) mass is 570 g/mol. The van der Waals surface area contributed by atoms with Gasteiger partial charge in [0.05, 0.1) is 5.92 Å². The Morgan fingerprint density at radius 2 is 1.68 bits per heavy atom. The number of piperidine rings is 1. The molecule has 4 fully saturated rings. The second kappa shape index (κ2) is 7.51. The first kappa shape index (κ1) is 23.7. The zero-order chi connectivity index (χ0) is 23.1. The second-order valence-corrected chi connectivity index (χ2v) is 14.1. The van der Waals surface area contributed by atoms with Gasteiger partial charge in [0.2, 0.25) is 0 Å². The lowest BCUT2D eigenvalue weighted by atomic mass is 9.80. The molecular formula is C20H29INO8S. The molecule has 2 heterocycles. The van der Waals surface area contributed by atoms with Crippen LogP contribution in [0.2, 0.25) is 0 Å². The molecule has 2 bridgehead atoms. The summed E-state index contributed by atoms with van der Waals surface area (Å²) in [5.74, 6) is -2.84. The molecule has 0 aromatic carbocycles. The fourth-order valence-corrected chi connectivity index (χ4v) is 8.38. The predicted molar refractivity (Wildman–Crippen MR) is 116 cm³/mol. The summed E-state index contributed by atoms with van der Waals surface area (Å²) >= 11 is 1.93. The Hall–Kier alpha value is -0.500. The van der Waals surface area contributed by atoms with Crippen LogP contribution in [0.3, 0.4) is 0 Å². The van der Waals surface area contributed by atoms with Crippen LogP contribution in [0.25, 0.3) is 0 Å². The molecule has 11 heteroatoms. The van der Waals surface area contributed by atoms with E-state index in [0.29, 0.717) is 19.3 Å². The van der Waals surface area contributed by atoms with Gasteiger partial charge in [-0.15, -0.1) is 10.3 Å². The maximum atomic E-state index is 13.3. The lowest BCUT2D eigenvalue weighted by Gasteiger charge is -2.49. The van der Waals surface area contributed by atoms with Crippen molar-refractivity contribution < 1.29 is 36.9 Å². The van der Waals surface area contributed by atoms with Crippen LogP contribution in [0, 0.1) is 17.8 Å². The Morgan fingerprint density at radius 1 is 1.10 bits per heavy atom. The van der Waals surface area contributed by atoms with Gasteiger partial charge in [-0.3, -0.25) is 13.8 Å². The van der Waals surface area contributed by atoms with E-state index in [1.54, 1.807) is 34.6 Å². The molecule has 9 nitrogen and oxygen atoms in total. The van der Waals surface area contributed by atoms with Crippen LogP contribution in [-0.4, -0.2) is 64.0 Å². The Balaban J connectivity index is 1.56. The van der Waals surface area contributed by atoms with Gasteiger partial charge in [-0.2, -0.15) is 8.42 Å². The number of rotatable bonds is 4. The molecule has 2 aliphatic carbocycles. The number of fused-ring (bicyclic) bond motifs is 1. The van der Waals surface area contributed by atoms with Crippen molar-refractivity contribution in [1.82, 2.24) is 5.06 Å². The predicted octanol–water partition coefficient (Wildman–Crippen LogP) is 2.00. The number of alkyl halides is 1. The Morgan fingerprint density at radius 3 is 2.23 bits per heavy atom. The first-order chi connectivity index (χ1) is 14.2. The molecule has 7 unspecified atom stereocenters. The summed E-state index contributed by atoms with van der Waals surface area (Å²) in [7, 11) is -3.96. The van der Waals surface area contributed by atoms with Gasteiger partial charge >= 0.3 is 11.9 Å². The Labute approximate surface area is 196 Å². The molecule has 0 N–H and O–H groups in total. The standard InChI is InChI=1S/C20H29INO8S/c1-9(21)17(23)29-14-11-6-12-15(14)30-31(26,27)16(12)13(11)18(24)28-10-7-19(2,3)22(25)20(4,5)8-10/h9-16H,6-8H2,1-5H3. The normalized spacial score (nSPS) is 41.1. The summed E-state index contributed by atoms with van der Waals surface area (Å²) in [6, 6.07) is 0. The number of hydroxylamine groups is 2. The lowest BCUT2D eigenvalue weighted by molar-refractivity contribution is -0.299. The van der Waals surface area contributed by atoms with Crippen LogP contribution >= 0.6 is 22.6 Å². The highest BCUT2D eigenvalue weighted by Crippen LogP contribution is 2.59. The number of carbonyl (C=O) groups excluding carboxylic acids is 2. The number of esters is 2. The molecular weight excluding hydrogens is 541 g/mol. The highest BCUT2D eigenvalue weighted by molar-refractivity contribution is 14.1. The van der Waals surface area contributed by atoms with Crippen molar-refractivity contribution >= 4 is 44.6 Å². The van der Waals surface area contributed by atoms with Gasteiger partial charge in [-0.05, 0) is 41.0 Å². The highest BCUT2D eigenvalue weighted by atomic mass is 127. The summed E-state index contributed by atoms with van der Waals surface area (Å²) in [5, 5.41) is 12.7. The number of nitrogens with zero attached hydrogens (tertiary/aromatic N) is 1. The van der Waals surface area contributed by atoms with E-state index < -0.39 is 72.5 Å². The molecule has 2 aliphatic heterocycles. The van der Waals surface area contributed by atoms with Crippen molar-refractivity contribution in [3.05, 3.63) is 0 Å². The van der Waals surface area contributed by atoms with Gasteiger partial charge in [0.25, 0.3) is 10.1 Å². The van der Waals surface area contributed by atoms with Crippen molar-refractivity contribution in [2.24, 2.45) is 17.8 Å². The molecule has 31 heavy (non-hydrogen) atoms. The lowest BCUT2D eigenvalue weighted by Crippen LogP contribution is -2.60. The quantitative estimate of drug-likeness (QED) is 0.218. The van der Waals surface area contributed by atoms with E-state index in [1.807, 2.05) is 22.6 Å². The van der Waals surface area contributed by atoms with E-state index in [-0.39, 0.29) is 5.92 Å². The minimum absolute atomic E-state index is 0.355. The molecule has 1 radical (unpaired) electrons. The van der Waals surface area contributed by atoms with Gasteiger partial charge in [0, 0.05) is 35.8 Å². The van der Waals surface area contributed by atoms with Crippen LogP contribution in [0.4, 0.5) is 0 Å². The van der Waals surface area contributed by atoms with Crippen LogP contribution in [0.1, 0.15) is 53.9 Å². The topological polar surface area (TPSA) is 119 Å². The van der Waals surface area contributed by atoms with Crippen LogP contribution in [-0.2, 0) is 38.6 Å². The smallest absolute Gasteiger partial charge is 0.318 e. The molecule has 175 valence electrons. The highest BCUT2D eigenvalue weighted by Gasteiger charge is 2.72. The molecule has 2 saturated carbocycles. The van der Waals surface area contributed by atoms with Crippen molar-refractivity contribution in [3.8, 4) is 0 Å². The molecule has 0 aromatic heterocycles.